The van der Waals surface area contributed by atoms with Gasteiger partial charge in [-0.2, -0.15) is 0 Å². The number of nitrogens with one attached hydrogen (secondary N) is 1. The molecule has 0 amide bonds. The summed E-state index contributed by atoms with van der Waals surface area (Å²) in [6.07, 6.45) is -0.946. The van der Waals surface area contributed by atoms with Crippen molar-refractivity contribution >= 4 is 17.3 Å². The molecule has 11 heavy (non-hydrogen) atoms. The number of hydrogen-bond acceptors (Lipinski definition) is 1. The van der Waals surface area contributed by atoms with E-state index in [1.807, 2.05) is 12.1 Å². The highest BCUT2D eigenvalue weighted by Gasteiger charge is 2.23. The molecule has 0 saturated heterocycles. The second-order valence-corrected chi connectivity index (χ2v) is 2.96. The van der Waals surface area contributed by atoms with E-state index >= 15 is 0 Å². The van der Waals surface area contributed by atoms with Gasteiger partial charge in [-0.05, 0) is 12.1 Å². The van der Waals surface area contributed by atoms with Gasteiger partial charge in [-0.3, -0.25) is 0 Å². The van der Waals surface area contributed by atoms with Crippen molar-refractivity contribution in [2.24, 2.45) is 0 Å². The first-order chi connectivity index (χ1) is 5.29. The Morgan fingerprint density at radius 2 is 2.36 bits per heavy atom. The minimum Gasteiger partial charge on any atom is -0.381 e. The van der Waals surface area contributed by atoms with E-state index in [0.717, 1.165) is 5.69 Å². The highest BCUT2D eigenvalue weighted by molar-refractivity contribution is 6.31. The van der Waals surface area contributed by atoms with Gasteiger partial charge in [-0.25, -0.2) is 4.39 Å². The average Bonchev–Trinajstić information content (AvgIpc) is 2.34. The first-order valence-corrected chi connectivity index (χ1v) is 3.83. The Balaban J connectivity index is 2.58. The molecular weight excluding hydrogens is 165 g/mol. The predicted molar refractivity (Wildman–Crippen MR) is 43.8 cm³/mol. The minimum atomic E-state index is -0.946. The molecule has 0 spiro atoms. The van der Waals surface area contributed by atoms with E-state index in [1.54, 1.807) is 6.07 Å². The van der Waals surface area contributed by atoms with E-state index in [4.69, 9.17) is 11.6 Å². The molecule has 1 aromatic rings. The SMILES string of the molecule is FC1CNc2cccc(Cl)c21. The summed E-state index contributed by atoms with van der Waals surface area (Å²) in [7, 11) is 0. The van der Waals surface area contributed by atoms with Gasteiger partial charge in [0.05, 0.1) is 6.54 Å². The number of halogens is 2. The topological polar surface area (TPSA) is 12.0 Å². The first kappa shape index (κ1) is 6.92. The quantitative estimate of drug-likeness (QED) is 0.633. The van der Waals surface area contributed by atoms with Gasteiger partial charge in [0.25, 0.3) is 0 Å². The van der Waals surface area contributed by atoms with E-state index < -0.39 is 6.17 Å². The molecule has 58 valence electrons. The molecule has 0 aromatic heterocycles. The van der Waals surface area contributed by atoms with Gasteiger partial charge < -0.3 is 5.32 Å². The molecule has 1 unspecified atom stereocenters. The molecule has 1 aromatic carbocycles. The molecule has 1 heterocycles. The van der Waals surface area contributed by atoms with Gasteiger partial charge in [-0.15, -0.1) is 0 Å². The summed E-state index contributed by atoms with van der Waals surface area (Å²) in [6.45, 7) is 0.346. The summed E-state index contributed by atoms with van der Waals surface area (Å²) in [5.74, 6) is 0. The zero-order valence-electron chi connectivity index (χ0n) is 5.77. The molecule has 0 bridgehead atoms. The van der Waals surface area contributed by atoms with Crippen molar-refractivity contribution in [1.29, 1.82) is 0 Å². The van der Waals surface area contributed by atoms with Crippen LogP contribution in [0.4, 0.5) is 10.1 Å². The lowest BCUT2D eigenvalue weighted by molar-refractivity contribution is 0.374. The fraction of sp³-hybridized carbons (Fsp3) is 0.250. The second-order valence-electron chi connectivity index (χ2n) is 2.55. The Morgan fingerprint density at radius 1 is 1.55 bits per heavy atom. The summed E-state index contributed by atoms with van der Waals surface area (Å²) in [5.41, 5.74) is 1.43. The fourth-order valence-electron chi connectivity index (χ4n) is 1.31. The zero-order valence-corrected chi connectivity index (χ0v) is 6.53. The number of fused-ring (bicyclic) bond motifs is 1. The molecule has 1 N–H and O–H groups in total. The van der Waals surface area contributed by atoms with Crippen LogP contribution in [0.2, 0.25) is 5.02 Å². The van der Waals surface area contributed by atoms with Crippen LogP contribution in [0.25, 0.3) is 0 Å². The third-order valence-electron chi connectivity index (χ3n) is 1.84. The summed E-state index contributed by atoms with van der Waals surface area (Å²) in [6, 6.07) is 5.35. The van der Waals surface area contributed by atoms with E-state index in [-0.39, 0.29) is 0 Å². The van der Waals surface area contributed by atoms with Crippen molar-refractivity contribution in [3.8, 4) is 0 Å². The molecular formula is C8H7ClFN. The van der Waals surface area contributed by atoms with E-state index in [0.29, 0.717) is 17.1 Å². The maximum atomic E-state index is 13.0. The Hall–Kier alpha value is -0.760. The largest absolute Gasteiger partial charge is 0.381 e. The monoisotopic (exact) mass is 171 g/mol. The third kappa shape index (κ3) is 0.979. The molecule has 0 aliphatic carbocycles. The normalized spacial score (nSPS) is 21.1. The number of benzene rings is 1. The lowest BCUT2D eigenvalue weighted by Crippen LogP contribution is -1.94. The summed E-state index contributed by atoms with van der Waals surface area (Å²) in [4.78, 5) is 0. The van der Waals surface area contributed by atoms with Crippen molar-refractivity contribution in [3.63, 3.8) is 0 Å². The van der Waals surface area contributed by atoms with Crippen molar-refractivity contribution in [2.75, 3.05) is 11.9 Å². The summed E-state index contributed by atoms with van der Waals surface area (Å²) >= 11 is 5.78. The molecule has 1 aliphatic rings. The van der Waals surface area contributed by atoms with Crippen LogP contribution in [0, 0.1) is 0 Å². The van der Waals surface area contributed by atoms with Gasteiger partial charge >= 0.3 is 0 Å². The highest BCUT2D eigenvalue weighted by atomic mass is 35.5. The van der Waals surface area contributed by atoms with Crippen molar-refractivity contribution in [3.05, 3.63) is 28.8 Å². The fourth-order valence-corrected chi connectivity index (χ4v) is 1.60. The van der Waals surface area contributed by atoms with Gasteiger partial charge in [0, 0.05) is 16.3 Å². The van der Waals surface area contributed by atoms with E-state index in [9.17, 15) is 4.39 Å². The summed E-state index contributed by atoms with van der Waals surface area (Å²) < 4.78 is 13.0. The number of anilines is 1. The molecule has 0 saturated carbocycles. The minimum absolute atomic E-state index is 0.346. The smallest absolute Gasteiger partial charge is 0.146 e. The Labute approximate surface area is 69.2 Å². The van der Waals surface area contributed by atoms with Crippen molar-refractivity contribution < 1.29 is 4.39 Å². The van der Waals surface area contributed by atoms with Gasteiger partial charge in [0.15, 0.2) is 0 Å². The lowest BCUT2D eigenvalue weighted by Gasteiger charge is -2.00. The van der Waals surface area contributed by atoms with Crippen LogP contribution in [0.3, 0.4) is 0 Å². The predicted octanol–water partition coefficient (Wildman–Crippen LogP) is 2.78. The maximum Gasteiger partial charge on any atom is 0.146 e. The highest BCUT2D eigenvalue weighted by Crippen LogP contribution is 2.37. The van der Waals surface area contributed by atoms with Crippen molar-refractivity contribution in [1.82, 2.24) is 0 Å². The number of rotatable bonds is 0. The van der Waals surface area contributed by atoms with Crippen LogP contribution in [0.1, 0.15) is 11.7 Å². The zero-order chi connectivity index (χ0) is 7.84. The van der Waals surface area contributed by atoms with Gasteiger partial charge in [0.2, 0.25) is 0 Å². The lowest BCUT2D eigenvalue weighted by atomic mass is 10.1. The Morgan fingerprint density at radius 3 is 3.09 bits per heavy atom. The first-order valence-electron chi connectivity index (χ1n) is 3.45. The molecule has 3 heteroatoms. The van der Waals surface area contributed by atoms with E-state index in [1.165, 1.54) is 0 Å². The van der Waals surface area contributed by atoms with Crippen molar-refractivity contribution in [2.45, 2.75) is 6.17 Å². The Kier molecular flexibility index (Phi) is 1.50. The third-order valence-corrected chi connectivity index (χ3v) is 2.17. The number of alkyl halides is 1. The maximum absolute atomic E-state index is 13.0. The summed E-state index contributed by atoms with van der Waals surface area (Å²) in [5, 5.41) is 3.45. The van der Waals surface area contributed by atoms with Crippen LogP contribution >= 0.6 is 11.6 Å². The van der Waals surface area contributed by atoms with Crippen LogP contribution in [-0.4, -0.2) is 6.54 Å². The average molecular weight is 172 g/mol. The second kappa shape index (κ2) is 2.38. The van der Waals surface area contributed by atoms with Crippen LogP contribution in [0.15, 0.2) is 18.2 Å². The van der Waals surface area contributed by atoms with Crippen LogP contribution in [-0.2, 0) is 0 Å². The molecule has 0 fully saturated rings. The van der Waals surface area contributed by atoms with Crippen LogP contribution in [0.5, 0.6) is 0 Å². The Bertz CT molecular complexity index is 287. The number of hydrogen-bond donors (Lipinski definition) is 1. The standard InChI is InChI=1S/C8H7ClFN/c9-5-2-1-3-7-8(5)6(10)4-11-7/h1-3,6,11H,4H2. The van der Waals surface area contributed by atoms with E-state index in [2.05, 4.69) is 5.32 Å². The van der Waals surface area contributed by atoms with Gasteiger partial charge in [0.1, 0.15) is 6.17 Å². The molecule has 0 radical (unpaired) electrons. The molecule has 2 rings (SSSR count). The van der Waals surface area contributed by atoms with Gasteiger partial charge in [-0.1, -0.05) is 17.7 Å². The molecule has 1 nitrogen and oxygen atoms in total. The molecule has 1 aliphatic heterocycles. The van der Waals surface area contributed by atoms with Crippen LogP contribution < -0.4 is 5.32 Å². The molecule has 1 atom stereocenters.